The van der Waals surface area contributed by atoms with E-state index in [1.807, 2.05) is 4.90 Å². The summed E-state index contributed by atoms with van der Waals surface area (Å²) >= 11 is 0. The van der Waals surface area contributed by atoms with Crippen molar-refractivity contribution >= 4 is 17.5 Å². The van der Waals surface area contributed by atoms with Crippen LogP contribution in [0.3, 0.4) is 0 Å². The van der Waals surface area contributed by atoms with Gasteiger partial charge in [0.15, 0.2) is 0 Å². The summed E-state index contributed by atoms with van der Waals surface area (Å²) in [5.74, 6) is -0.376. The van der Waals surface area contributed by atoms with Gasteiger partial charge in [-0.15, -0.1) is 0 Å². The average Bonchev–Trinajstić information content (AvgIpc) is 2.70. The van der Waals surface area contributed by atoms with Gasteiger partial charge in [-0.3, -0.25) is 9.59 Å². The molecule has 2 fully saturated rings. The molecule has 0 saturated carbocycles. The Labute approximate surface area is 159 Å². The predicted molar refractivity (Wildman–Crippen MR) is 101 cm³/mol. The Hall–Kier alpha value is -1.99. The normalized spacial score (nSPS) is 20.3. The molecular formula is C20H28FN3O3. The summed E-state index contributed by atoms with van der Waals surface area (Å²) in [7, 11) is 1.64. The number of halogens is 1. The Kier molecular flexibility index (Phi) is 6.44. The van der Waals surface area contributed by atoms with Crippen LogP contribution in [0, 0.1) is 17.2 Å². The first-order chi connectivity index (χ1) is 13.0. The van der Waals surface area contributed by atoms with Crippen molar-refractivity contribution in [2.75, 3.05) is 45.2 Å². The number of benzene rings is 1. The van der Waals surface area contributed by atoms with Gasteiger partial charge in [-0.05, 0) is 63.0 Å². The first kappa shape index (κ1) is 19.8. The van der Waals surface area contributed by atoms with Gasteiger partial charge >= 0.3 is 0 Å². The van der Waals surface area contributed by atoms with E-state index < -0.39 is 5.41 Å². The molecule has 6 nitrogen and oxygen atoms in total. The van der Waals surface area contributed by atoms with Gasteiger partial charge in [0, 0.05) is 31.8 Å². The van der Waals surface area contributed by atoms with Crippen LogP contribution in [-0.4, -0.2) is 56.6 Å². The zero-order valence-electron chi connectivity index (χ0n) is 15.8. The molecule has 0 aliphatic carbocycles. The van der Waals surface area contributed by atoms with Crippen LogP contribution in [0.15, 0.2) is 24.3 Å². The Bertz CT molecular complexity index is 645. The van der Waals surface area contributed by atoms with Gasteiger partial charge in [0.1, 0.15) is 5.82 Å². The van der Waals surface area contributed by atoms with Crippen LogP contribution in [0.1, 0.15) is 25.7 Å². The van der Waals surface area contributed by atoms with Crippen LogP contribution in [0.25, 0.3) is 0 Å². The monoisotopic (exact) mass is 377 g/mol. The molecule has 2 amide bonds. The number of hydrogen-bond acceptors (Lipinski definition) is 4. The molecule has 2 N–H and O–H groups in total. The molecule has 0 radical (unpaired) electrons. The minimum absolute atomic E-state index is 0.0674. The molecule has 1 aromatic rings. The van der Waals surface area contributed by atoms with Gasteiger partial charge in [-0.2, -0.15) is 0 Å². The molecule has 0 spiro atoms. The quantitative estimate of drug-likeness (QED) is 0.824. The molecular weight excluding hydrogens is 349 g/mol. The molecule has 2 aliphatic rings. The van der Waals surface area contributed by atoms with Crippen molar-refractivity contribution in [3.05, 3.63) is 30.1 Å². The lowest BCUT2D eigenvalue weighted by Crippen LogP contribution is -2.53. The van der Waals surface area contributed by atoms with E-state index in [1.54, 1.807) is 19.2 Å². The lowest BCUT2D eigenvalue weighted by molar-refractivity contribution is -0.149. The molecule has 0 aromatic heterocycles. The summed E-state index contributed by atoms with van der Waals surface area (Å²) in [6.45, 7) is 3.26. The van der Waals surface area contributed by atoms with Gasteiger partial charge in [-0.25, -0.2) is 4.39 Å². The number of nitrogens with one attached hydrogen (secondary N) is 2. The number of carbonyl (C=O) groups excluding carboxylic acids is 2. The number of hydrogen-bond donors (Lipinski definition) is 2. The summed E-state index contributed by atoms with van der Waals surface area (Å²) in [5, 5.41) is 6.14. The van der Waals surface area contributed by atoms with Crippen molar-refractivity contribution in [3.8, 4) is 0 Å². The SMILES string of the molecule is COCC1(C(=O)N2CCC(C(=O)Nc3ccc(F)cc3)CC2)CCNCC1. The first-order valence-corrected chi connectivity index (χ1v) is 9.59. The third kappa shape index (κ3) is 4.65. The molecule has 0 atom stereocenters. The maximum Gasteiger partial charge on any atom is 0.231 e. The summed E-state index contributed by atoms with van der Waals surface area (Å²) in [4.78, 5) is 27.5. The second kappa shape index (κ2) is 8.80. The highest BCUT2D eigenvalue weighted by molar-refractivity contribution is 5.92. The second-order valence-corrected chi connectivity index (χ2v) is 7.53. The smallest absolute Gasteiger partial charge is 0.231 e. The van der Waals surface area contributed by atoms with Gasteiger partial charge < -0.3 is 20.3 Å². The highest BCUT2D eigenvalue weighted by atomic mass is 19.1. The van der Waals surface area contributed by atoms with Crippen LogP contribution >= 0.6 is 0 Å². The zero-order chi connectivity index (χ0) is 19.3. The van der Waals surface area contributed by atoms with E-state index in [1.165, 1.54) is 12.1 Å². The molecule has 148 valence electrons. The van der Waals surface area contributed by atoms with Crippen molar-refractivity contribution in [2.24, 2.45) is 11.3 Å². The molecule has 2 aliphatic heterocycles. The van der Waals surface area contributed by atoms with Crippen molar-refractivity contribution in [2.45, 2.75) is 25.7 Å². The number of carbonyl (C=O) groups is 2. The van der Waals surface area contributed by atoms with Gasteiger partial charge in [0.25, 0.3) is 0 Å². The minimum atomic E-state index is -0.441. The van der Waals surface area contributed by atoms with E-state index in [2.05, 4.69) is 10.6 Å². The van der Waals surface area contributed by atoms with E-state index >= 15 is 0 Å². The largest absolute Gasteiger partial charge is 0.384 e. The van der Waals surface area contributed by atoms with E-state index in [-0.39, 0.29) is 23.5 Å². The lowest BCUT2D eigenvalue weighted by atomic mass is 9.77. The van der Waals surface area contributed by atoms with E-state index in [4.69, 9.17) is 4.74 Å². The minimum Gasteiger partial charge on any atom is -0.384 e. The predicted octanol–water partition coefficient (Wildman–Crippen LogP) is 2.02. The number of likely N-dealkylation sites (tertiary alicyclic amines) is 1. The number of nitrogens with zero attached hydrogens (tertiary/aromatic N) is 1. The number of methoxy groups -OCH3 is 1. The fourth-order valence-corrected chi connectivity index (χ4v) is 4.06. The number of ether oxygens (including phenoxy) is 1. The molecule has 2 heterocycles. The zero-order valence-corrected chi connectivity index (χ0v) is 15.8. The summed E-state index contributed by atoms with van der Waals surface area (Å²) in [5.41, 5.74) is 0.150. The number of rotatable bonds is 5. The molecule has 27 heavy (non-hydrogen) atoms. The summed E-state index contributed by atoms with van der Waals surface area (Å²) in [6, 6.07) is 5.76. The van der Waals surface area contributed by atoms with Crippen LogP contribution in [0.4, 0.5) is 10.1 Å². The van der Waals surface area contributed by atoms with Crippen molar-refractivity contribution < 1.29 is 18.7 Å². The van der Waals surface area contributed by atoms with Gasteiger partial charge in [0.05, 0.1) is 12.0 Å². The Morgan fingerprint density at radius 1 is 1.22 bits per heavy atom. The maximum atomic E-state index is 13.1. The summed E-state index contributed by atoms with van der Waals surface area (Å²) in [6.07, 6.45) is 2.84. The summed E-state index contributed by atoms with van der Waals surface area (Å²) < 4.78 is 18.3. The Balaban J connectivity index is 1.55. The Morgan fingerprint density at radius 3 is 2.44 bits per heavy atom. The van der Waals surface area contributed by atoms with Gasteiger partial charge in [0.2, 0.25) is 11.8 Å². The molecule has 7 heteroatoms. The second-order valence-electron chi connectivity index (χ2n) is 7.53. The maximum absolute atomic E-state index is 13.1. The highest BCUT2D eigenvalue weighted by Gasteiger charge is 2.43. The van der Waals surface area contributed by atoms with Crippen LogP contribution in [-0.2, 0) is 14.3 Å². The third-order valence-corrected chi connectivity index (χ3v) is 5.70. The fourth-order valence-electron chi connectivity index (χ4n) is 4.06. The molecule has 3 rings (SSSR count). The van der Waals surface area contributed by atoms with Crippen molar-refractivity contribution in [3.63, 3.8) is 0 Å². The number of anilines is 1. The first-order valence-electron chi connectivity index (χ1n) is 9.59. The topological polar surface area (TPSA) is 70.7 Å². The molecule has 0 bridgehead atoms. The van der Waals surface area contributed by atoms with E-state index in [9.17, 15) is 14.0 Å². The van der Waals surface area contributed by atoms with Crippen molar-refractivity contribution in [1.29, 1.82) is 0 Å². The highest BCUT2D eigenvalue weighted by Crippen LogP contribution is 2.33. The average molecular weight is 377 g/mol. The number of amides is 2. The number of piperidine rings is 2. The molecule has 2 saturated heterocycles. The Morgan fingerprint density at radius 2 is 1.85 bits per heavy atom. The van der Waals surface area contributed by atoms with Crippen LogP contribution in [0.5, 0.6) is 0 Å². The van der Waals surface area contributed by atoms with E-state index in [0.717, 1.165) is 25.9 Å². The van der Waals surface area contributed by atoms with E-state index in [0.29, 0.717) is 38.2 Å². The standard InChI is InChI=1S/C20H28FN3O3/c1-27-14-20(8-10-22-11-9-20)19(26)24-12-6-15(7-13-24)18(25)23-17-4-2-16(21)3-5-17/h2-5,15,22H,6-14H2,1H3,(H,23,25). The van der Waals surface area contributed by atoms with Crippen LogP contribution < -0.4 is 10.6 Å². The molecule has 1 aromatic carbocycles. The fraction of sp³-hybridized carbons (Fsp3) is 0.600. The van der Waals surface area contributed by atoms with Crippen LogP contribution in [0.2, 0.25) is 0 Å². The van der Waals surface area contributed by atoms with Crippen molar-refractivity contribution in [1.82, 2.24) is 10.2 Å². The third-order valence-electron chi connectivity index (χ3n) is 5.70. The lowest BCUT2D eigenvalue weighted by Gasteiger charge is -2.41. The van der Waals surface area contributed by atoms with Gasteiger partial charge in [-0.1, -0.05) is 0 Å². The molecule has 0 unspecified atom stereocenters.